The van der Waals surface area contributed by atoms with Gasteiger partial charge in [-0.2, -0.15) is 0 Å². The van der Waals surface area contributed by atoms with Gasteiger partial charge >= 0.3 is 0 Å². The lowest BCUT2D eigenvalue weighted by Gasteiger charge is -2.44. The number of aliphatic hydroxyl groups is 3. The SMILES string of the molecule is CCC1CC(O)C(N=[N+]=[N-])[C@@H](O[C@@H]2C(N=[N+]=[N-])CC(N=[N+]=[N-])C(O)C2O)O1. The summed E-state index contributed by atoms with van der Waals surface area (Å²) in [6.07, 6.45) is -6.08. The van der Waals surface area contributed by atoms with Crippen molar-refractivity contribution in [3.63, 3.8) is 0 Å². The largest absolute Gasteiger partial charge is 0.392 e. The average molecular weight is 383 g/mol. The van der Waals surface area contributed by atoms with E-state index in [2.05, 4.69) is 30.1 Å². The predicted molar refractivity (Wildman–Crippen MR) is 89.9 cm³/mol. The molecular formula is C13H21N9O5. The van der Waals surface area contributed by atoms with Crippen molar-refractivity contribution in [1.29, 1.82) is 0 Å². The number of hydrogen-bond donors (Lipinski definition) is 3. The van der Waals surface area contributed by atoms with Crippen LogP contribution in [0.15, 0.2) is 15.3 Å². The minimum absolute atomic E-state index is 0.0598. The number of ether oxygens (including phenoxy) is 2. The summed E-state index contributed by atoms with van der Waals surface area (Å²) >= 11 is 0. The minimum atomic E-state index is -1.56. The Morgan fingerprint density at radius 1 is 0.963 bits per heavy atom. The first-order valence-corrected chi connectivity index (χ1v) is 8.44. The second kappa shape index (κ2) is 9.60. The summed E-state index contributed by atoms with van der Waals surface area (Å²) in [5, 5.41) is 41.3. The molecule has 9 atom stereocenters. The molecule has 0 aromatic heterocycles. The highest BCUT2D eigenvalue weighted by Crippen LogP contribution is 2.32. The lowest BCUT2D eigenvalue weighted by Crippen LogP contribution is -2.59. The second-order valence-electron chi connectivity index (χ2n) is 6.40. The van der Waals surface area contributed by atoms with Crippen LogP contribution >= 0.6 is 0 Å². The molecule has 1 saturated heterocycles. The summed E-state index contributed by atoms with van der Waals surface area (Å²) in [5.74, 6) is 0. The van der Waals surface area contributed by atoms with E-state index in [1.807, 2.05) is 6.92 Å². The number of hydrogen-bond acceptors (Lipinski definition) is 8. The molecule has 0 aromatic rings. The standard InChI is InChI=1S/C13H21N9O5/c1-2-5-3-8(23)9(19-22-16)13(26-5)27-12-7(18-21-15)4-6(17-20-14)10(24)11(12)25/h5-13,23-25H,2-4H2,1H3/t5?,6?,7?,8?,9?,10?,11?,12-,13-/m1/s1. The van der Waals surface area contributed by atoms with E-state index < -0.39 is 48.8 Å². The number of azide groups is 3. The Bertz CT molecular complexity index is 661. The van der Waals surface area contributed by atoms with E-state index in [-0.39, 0.29) is 18.9 Å². The number of nitrogens with zero attached hydrogens (tertiary/aromatic N) is 9. The molecule has 3 N–H and O–H groups in total. The molecule has 0 aromatic carbocycles. The molecule has 27 heavy (non-hydrogen) atoms. The molecule has 2 fully saturated rings. The van der Waals surface area contributed by atoms with Crippen molar-refractivity contribution >= 4 is 0 Å². The maximum Gasteiger partial charge on any atom is 0.169 e. The van der Waals surface area contributed by atoms with E-state index in [1.54, 1.807) is 0 Å². The molecule has 2 rings (SSSR count). The van der Waals surface area contributed by atoms with Gasteiger partial charge in [-0.05, 0) is 29.4 Å². The fraction of sp³-hybridized carbons (Fsp3) is 1.00. The van der Waals surface area contributed by atoms with Crippen LogP contribution in [-0.2, 0) is 9.47 Å². The van der Waals surface area contributed by atoms with E-state index in [0.717, 1.165) is 0 Å². The van der Waals surface area contributed by atoms with E-state index in [9.17, 15) is 15.3 Å². The Labute approximate surface area is 153 Å². The molecule has 14 nitrogen and oxygen atoms in total. The summed E-state index contributed by atoms with van der Waals surface area (Å²) < 4.78 is 11.4. The summed E-state index contributed by atoms with van der Waals surface area (Å²) in [5.41, 5.74) is 26.1. The Hall–Kier alpha value is -2.27. The molecule has 1 aliphatic carbocycles. The van der Waals surface area contributed by atoms with Crippen LogP contribution in [0.4, 0.5) is 0 Å². The van der Waals surface area contributed by atoms with Crippen LogP contribution in [0.2, 0.25) is 0 Å². The molecule has 148 valence electrons. The van der Waals surface area contributed by atoms with E-state index in [4.69, 9.17) is 26.1 Å². The van der Waals surface area contributed by atoms with Gasteiger partial charge in [0, 0.05) is 21.2 Å². The van der Waals surface area contributed by atoms with Crippen molar-refractivity contribution in [3.05, 3.63) is 31.3 Å². The zero-order valence-electron chi connectivity index (χ0n) is 14.5. The highest BCUT2D eigenvalue weighted by Gasteiger charge is 2.47. The lowest BCUT2D eigenvalue weighted by atomic mass is 9.84. The van der Waals surface area contributed by atoms with Gasteiger partial charge in [0.1, 0.15) is 12.1 Å². The fourth-order valence-corrected chi connectivity index (χ4v) is 3.34. The summed E-state index contributed by atoms with van der Waals surface area (Å²) in [4.78, 5) is 8.00. The first kappa shape index (κ1) is 21.0. The number of rotatable bonds is 6. The van der Waals surface area contributed by atoms with Crippen molar-refractivity contribution in [2.24, 2.45) is 15.3 Å². The highest BCUT2D eigenvalue weighted by molar-refractivity contribution is 5.01. The van der Waals surface area contributed by atoms with Crippen molar-refractivity contribution in [2.75, 3.05) is 0 Å². The molecule has 1 saturated carbocycles. The van der Waals surface area contributed by atoms with Crippen molar-refractivity contribution in [3.8, 4) is 0 Å². The molecule has 0 amide bonds. The molecule has 1 heterocycles. The maximum atomic E-state index is 10.4. The van der Waals surface area contributed by atoms with Crippen LogP contribution < -0.4 is 0 Å². The quantitative estimate of drug-likeness (QED) is 0.350. The third-order valence-corrected chi connectivity index (χ3v) is 4.78. The summed E-state index contributed by atoms with van der Waals surface area (Å²) in [7, 11) is 0. The van der Waals surface area contributed by atoms with Gasteiger partial charge in [0.2, 0.25) is 0 Å². The van der Waals surface area contributed by atoms with Crippen LogP contribution in [0.5, 0.6) is 0 Å². The molecule has 14 heteroatoms. The zero-order valence-corrected chi connectivity index (χ0v) is 14.5. The monoisotopic (exact) mass is 383 g/mol. The van der Waals surface area contributed by atoms with E-state index >= 15 is 0 Å². The zero-order chi connectivity index (χ0) is 20.0. The Morgan fingerprint density at radius 2 is 1.59 bits per heavy atom. The van der Waals surface area contributed by atoms with Crippen molar-refractivity contribution in [2.45, 2.75) is 81.1 Å². The maximum absolute atomic E-state index is 10.4. The van der Waals surface area contributed by atoms with Crippen molar-refractivity contribution < 1.29 is 24.8 Å². The first-order valence-electron chi connectivity index (χ1n) is 8.44. The third-order valence-electron chi connectivity index (χ3n) is 4.78. The Balaban J connectivity index is 2.28. The molecule has 2 aliphatic rings. The smallest absolute Gasteiger partial charge is 0.169 e. The van der Waals surface area contributed by atoms with Gasteiger partial charge in [-0.25, -0.2) is 0 Å². The van der Waals surface area contributed by atoms with Gasteiger partial charge in [-0.1, -0.05) is 22.3 Å². The van der Waals surface area contributed by atoms with E-state index in [0.29, 0.717) is 6.42 Å². The van der Waals surface area contributed by atoms with Gasteiger partial charge < -0.3 is 24.8 Å². The summed E-state index contributed by atoms with van der Waals surface area (Å²) in [6, 6.07) is -3.06. The molecular weight excluding hydrogens is 362 g/mol. The Morgan fingerprint density at radius 3 is 2.19 bits per heavy atom. The van der Waals surface area contributed by atoms with Gasteiger partial charge in [0.05, 0.1) is 36.5 Å². The second-order valence-corrected chi connectivity index (χ2v) is 6.40. The topological polar surface area (TPSA) is 225 Å². The van der Waals surface area contributed by atoms with Crippen LogP contribution in [-0.4, -0.2) is 70.3 Å². The molecule has 0 spiro atoms. The van der Waals surface area contributed by atoms with Gasteiger partial charge in [0.25, 0.3) is 0 Å². The molecule has 0 bridgehead atoms. The third kappa shape index (κ3) is 4.72. The molecule has 0 radical (unpaired) electrons. The Kier molecular flexibility index (Phi) is 7.48. The fourth-order valence-electron chi connectivity index (χ4n) is 3.34. The normalized spacial score (nSPS) is 41.6. The van der Waals surface area contributed by atoms with Crippen LogP contribution in [0, 0.1) is 0 Å². The van der Waals surface area contributed by atoms with Crippen LogP contribution in [0.1, 0.15) is 26.2 Å². The lowest BCUT2D eigenvalue weighted by molar-refractivity contribution is -0.267. The van der Waals surface area contributed by atoms with E-state index in [1.165, 1.54) is 0 Å². The van der Waals surface area contributed by atoms with Gasteiger partial charge in [0.15, 0.2) is 6.29 Å². The van der Waals surface area contributed by atoms with Crippen LogP contribution in [0.25, 0.3) is 31.3 Å². The average Bonchev–Trinajstić information content (AvgIpc) is 2.65. The highest BCUT2D eigenvalue weighted by atomic mass is 16.7. The van der Waals surface area contributed by atoms with Crippen LogP contribution in [0.3, 0.4) is 0 Å². The van der Waals surface area contributed by atoms with Gasteiger partial charge in [-0.15, -0.1) is 0 Å². The number of aliphatic hydroxyl groups excluding tert-OH is 3. The predicted octanol–water partition coefficient (Wildman–Crippen LogP) is 1.42. The molecule has 7 unspecified atom stereocenters. The van der Waals surface area contributed by atoms with Crippen molar-refractivity contribution in [1.82, 2.24) is 0 Å². The molecule has 1 aliphatic heterocycles. The summed E-state index contributed by atoms with van der Waals surface area (Å²) in [6.45, 7) is 1.84. The minimum Gasteiger partial charge on any atom is -0.392 e. The van der Waals surface area contributed by atoms with Gasteiger partial charge in [-0.3, -0.25) is 0 Å². The first-order chi connectivity index (χ1) is 13.0.